The number of likely N-dealkylation sites (tertiary alicyclic amines) is 1. The highest BCUT2D eigenvalue weighted by atomic mass is 35.5. The van der Waals surface area contributed by atoms with E-state index in [-0.39, 0.29) is 6.04 Å². The molecule has 2 aromatic rings. The lowest BCUT2D eigenvalue weighted by molar-refractivity contribution is 0.161. The maximum Gasteiger partial charge on any atom is 0.137 e. The van der Waals surface area contributed by atoms with Crippen molar-refractivity contribution in [3.8, 4) is 0 Å². The number of piperidine rings is 1. The maximum absolute atomic E-state index is 6.13. The number of pyridine rings is 1. The molecule has 2 N–H and O–H groups in total. The molecule has 5 heteroatoms. The topological polar surface area (TPSA) is 46.6 Å². The molecule has 102 valence electrons. The molecule has 2 unspecified atom stereocenters. The standard InChI is InChI=1S/C14H19ClN4/c1-10-4-5-18(9-13(10)16)7-12-8-19-6-11(15)2-3-14(19)17-12/h2-3,6,8,10,13H,4-5,7,9,16H2,1H3. The Labute approximate surface area is 118 Å². The molecule has 0 saturated carbocycles. The Morgan fingerprint density at radius 1 is 1.42 bits per heavy atom. The van der Waals surface area contributed by atoms with E-state index in [1.165, 1.54) is 6.42 Å². The molecule has 2 aromatic heterocycles. The summed E-state index contributed by atoms with van der Waals surface area (Å²) in [6, 6.07) is 4.09. The van der Waals surface area contributed by atoms with Crippen LogP contribution in [-0.2, 0) is 6.54 Å². The Morgan fingerprint density at radius 2 is 2.26 bits per heavy atom. The highest BCUT2D eigenvalue weighted by Gasteiger charge is 2.23. The third kappa shape index (κ3) is 2.76. The number of fused-ring (bicyclic) bond motifs is 1. The third-order valence-corrected chi connectivity index (χ3v) is 4.17. The summed E-state index contributed by atoms with van der Waals surface area (Å²) in [5.41, 5.74) is 8.14. The Morgan fingerprint density at radius 3 is 3.05 bits per heavy atom. The van der Waals surface area contributed by atoms with Crippen LogP contribution in [0.4, 0.5) is 0 Å². The van der Waals surface area contributed by atoms with Crippen molar-refractivity contribution in [2.45, 2.75) is 25.9 Å². The molecule has 1 saturated heterocycles. The summed E-state index contributed by atoms with van der Waals surface area (Å²) < 4.78 is 1.98. The fourth-order valence-electron chi connectivity index (χ4n) is 2.64. The molecule has 0 bridgehead atoms. The summed E-state index contributed by atoms with van der Waals surface area (Å²) in [6.45, 7) is 5.15. The van der Waals surface area contributed by atoms with Crippen molar-refractivity contribution >= 4 is 17.2 Å². The second-order valence-corrected chi connectivity index (χ2v) is 5.95. The fraction of sp³-hybridized carbons (Fsp3) is 0.500. The van der Waals surface area contributed by atoms with Crippen LogP contribution in [0.25, 0.3) is 5.65 Å². The van der Waals surface area contributed by atoms with E-state index < -0.39 is 0 Å². The van der Waals surface area contributed by atoms with Gasteiger partial charge < -0.3 is 10.1 Å². The van der Waals surface area contributed by atoms with E-state index in [1.54, 1.807) is 0 Å². The summed E-state index contributed by atoms with van der Waals surface area (Å²) in [7, 11) is 0. The third-order valence-electron chi connectivity index (χ3n) is 3.95. The van der Waals surface area contributed by atoms with Gasteiger partial charge in [0.1, 0.15) is 5.65 Å². The number of imidazole rings is 1. The number of hydrogen-bond donors (Lipinski definition) is 1. The van der Waals surface area contributed by atoms with Crippen LogP contribution in [0.5, 0.6) is 0 Å². The minimum absolute atomic E-state index is 0.278. The number of hydrogen-bond acceptors (Lipinski definition) is 3. The van der Waals surface area contributed by atoms with Crippen molar-refractivity contribution in [1.29, 1.82) is 0 Å². The molecule has 19 heavy (non-hydrogen) atoms. The highest BCUT2D eigenvalue weighted by molar-refractivity contribution is 6.30. The lowest BCUT2D eigenvalue weighted by atomic mass is 9.94. The van der Waals surface area contributed by atoms with Gasteiger partial charge in [-0.1, -0.05) is 18.5 Å². The average molecular weight is 279 g/mol. The predicted molar refractivity (Wildman–Crippen MR) is 77.2 cm³/mol. The molecular weight excluding hydrogens is 260 g/mol. The van der Waals surface area contributed by atoms with Crippen LogP contribution in [0.15, 0.2) is 24.5 Å². The van der Waals surface area contributed by atoms with E-state index in [4.69, 9.17) is 17.3 Å². The van der Waals surface area contributed by atoms with E-state index in [0.717, 1.165) is 36.0 Å². The van der Waals surface area contributed by atoms with Gasteiger partial charge >= 0.3 is 0 Å². The summed E-state index contributed by atoms with van der Waals surface area (Å²) >= 11 is 5.98. The number of nitrogens with zero attached hydrogens (tertiary/aromatic N) is 3. The maximum atomic E-state index is 6.13. The molecule has 0 radical (unpaired) electrons. The van der Waals surface area contributed by atoms with E-state index in [2.05, 4.69) is 16.8 Å². The van der Waals surface area contributed by atoms with Gasteiger partial charge in [-0.2, -0.15) is 0 Å². The van der Waals surface area contributed by atoms with Crippen molar-refractivity contribution in [3.05, 3.63) is 35.2 Å². The highest BCUT2D eigenvalue weighted by Crippen LogP contribution is 2.18. The Kier molecular flexibility index (Phi) is 3.48. The predicted octanol–water partition coefficient (Wildman–Crippen LogP) is 2.16. The normalized spacial score (nSPS) is 25.0. The first-order valence-electron chi connectivity index (χ1n) is 6.73. The van der Waals surface area contributed by atoms with Crippen LogP contribution in [0.2, 0.25) is 5.02 Å². The lowest BCUT2D eigenvalue weighted by Gasteiger charge is -2.34. The monoisotopic (exact) mass is 278 g/mol. The quantitative estimate of drug-likeness (QED) is 0.916. The van der Waals surface area contributed by atoms with Gasteiger partial charge in [-0.05, 0) is 31.0 Å². The van der Waals surface area contributed by atoms with Gasteiger partial charge in [-0.3, -0.25) is 4.90 Å². The summed E-state index contributed by atoms with van der Waals surface area (Å²) in [4.78, 5) is 7.00. The molecule has 3 heterocycles. The van der Waals surface area contributed by atoms with Crippen LogP contribution in [0.3, 0.4) is 0 Å². The second kappa shape index (κ2) is 5.12. The van der Waals surface area contributed by atoms with Gasteiger partial charge in [0, 0.05) is 31.5 Å². The number of rotatable bonds is 2. The Balaban J connectivity index is 1.74. The molecule has 0 amide bonds. The molecule has 1 aliphatic rings. The van der Waals surface area contributed by atoms with E-state index in [1.807, 2.05) is 28.9 Å². The first-order valence-corrected chi connectivity index (χ1v) is 7.10. The van der Waals surface area contributed by atoms with E-state index in [0.29, 0.717) is 5.92 Å². The van der Waals surface area contributed by atoms with E-state index >= 15 is 0 Å². The minimum Gasteiger partial charge on any atom is -0.326 e. The number of aromatic nitrogens is 2. The molecule has 1 aliphatic heterocycles. The van der Waals surface area contributed by atoms with Gasteiger partial charge in [0.15, 0.2) is 0 Å². The molecular formula is C14H19ClN4. The molecule has 2 atom stereocenters. The molecule has 4 nitrogen and oxygen atoms in total. The smallest absolute Gasteiger partial charge is 0.137 e. The minimum atomic E-state index is 0.278. The lowest BCUT2D eigenvalue weighted by Crippen LogP contribution is -2.47. The van der Waals surface area contributed by atoms with Crippen molar-refractivity contribution < 1.29 is 0 Å². The van der Waals surface area contributed by atoms with E-state index in [9.17, 15) is 0 Å². The molecule has 0 aliphatic carbocycles. The van der Waals surface area contributed by atoms with Crippen LogP contribution in [-0.4, -0.2) is 33.4 Å². The van der Waals surface area contributed by atoms with Gasteiger partial charge in [-0.15, -0.1) is 0 Å². The van der Waals surface area contributed by atoms with Crippen LogP contribution < -0.4 is 5.73 Å². The molecule has 3 rings (SSSR count). The number of halogens is 1. The second-order valence-electron chi connectivity index (χ2n) is 5.51. The van der Waals surface area contributed by atoms with Crippen molar-refractivity contribution in [1.82, 2.24) is 14.3 Å². The largest absolute Gasteiger partial charge is 0.326 e. The summed E-state index contributed by atoms with van der Waals surface area (Å²) in [5.74, 6) is 0.621. The van der Waals surface area contributed by atoms with Gasteiger partial charge in [-0.25, -0.2) is 4.98 Å². The van der Waals surface area contributed by atoms with Crippen molar-refractivity contribution in [3.63, 3.8) is 0 Å². The summed E-state index contributed by atoms with van der Waals surface area (Å²) in [6.07, 6.45) is 5.10. The number of nitrogens with two attached hydrogens (primary N) is 1. The summed E-state index contributed by atoms with van der Waals surface area (Å²) in [5, 5.41) is 0.727. The zero-order chi connectivity index (χ0) is 13.4. The SMILES string of the molecule is CC1CCN(Cc2cn3cc(Cl)ccc3n2)CC1N. The molecule has 0 spiro atoms. The zero-order valence-corrected chi connectivity index (χ0v) is 11.8. The Hall–Kier alpha value is -1.10. The van der Waals surface area contributed by atoms with Gasteiger partial charge in [0.2, 0.25) is 0 Å². The van der Waals surface area contributed by atoms with Gasteiger partial charge in [0.25, 0.3) is 0 Å². The molecule has 1 fully saturated rings. The zero-order valence-electron chi connectivity index (χ0n) is 11.1. The first-order chi connectivity index (χ1) is 9.11. The van der Waals surface area contributed by atoms with Crippen LogP contribution in [0, 0.1) is 5.92 Å². The van der Waals surface area contributed by atoms with Gasteiger partial charge in [0.05, 0.1) is 10.7 Å². The van der Waals surface area contributed by atoms with Crippen molar-refractivity contribution in [2.24, 2.45) is 11.7 Å². The Bertz CT molecular complexity index is 580. The molecule has 0 aromatic carbocycles. The van der Waals surface area contributed by atoms with Crippen LogP contribution in [0.1, 0.15) is 19.0 Å². The average Bonchev–Trinajstić information content (AvgIpc) is 2.75. The first kappa shape index (κ1) is 12.9. The fourth-order valence-corrected chi connectivity index (χ4v) is 2.80. The van der Waals surface area contributed by atoms with Crippen LogP contribution >= 0.6 is 11.6 Å². The van der Waals surface area contributed by atoms with Crippen molar-refractivity contribution in [2.75, 3.05) is 13.1 Å².